The molecule has 1 atom stereocenters. The molecule has 0 aromatic carbocycles. The number of imidazole rings is 1. The number of aryl methyl sites for hydroxylation is 2. The average molecular weight is 223 g/mol. The molecule has 1 heterocycles. The van der Waals surface area contributed by atoms with Crippen molar-refractivity contribution in [1.82, 2.24) is 9.55 Å². The lowest BCUT2D eigenvalue weighted by Gasteiger charge is -2.15. The molecule has 0 saturated carbocycles. The summed E-state index contributed by atoms with van der Waals surface area (Å²) >= 11 is 0. The highest BCUT2D eigenvalue weighted by molar-refractivity contribution is 5.29. The summed E-state index contributed by atoms with van der Waals surface area (Å²) in [6.07, 6.45) is 7.24. The summed E-state index contributed by atoms with van der Waals surface area (Å²) in [5, 5.41) is 3.49. The number of unbranched alkanes of at least 4 members (excludes halogenated alkanes) is 2. The van der Waals surface area contributed by atoms with Gasteiger partial charge in [-0.25, -0.2) is 4.98 Å². The number of rotatable bonds is 7. The third kappa shape index (κ3) is 3.87. The van der Waals surface area contributed by atoms with Gasteiger partial charge >= 0.3 is 0 Å². The van der Waals surface area contributed by atoms with Crippen LogP contribution in [0.3, 0.4) is 0 Å². The molecule has 0 aliphatic heterocycles. The standard InChI is InChI=1S/C13H25N3/c1-5-7-8-9-11(3)14-13-15-12(4)10-16(13)6-2/h10-11H,5-9H2,1-4H3,(H,14,15). The second-order valence-corrected chi connectivity index (χ2v) is 4.53. The van der Waals surface area contributed by atoms with Gasteiger partial charge in [0.1, 0.15) is 0 Å². The van der Waals surface area contributed by atoms with E-state index >= 15 is 0 Å². The Labute approximate surface area is 99.3 Å². The van der Waals surface area contributed by atoms with Gasteiger partial charge in [0.25, 0.3) is 0 Å². The molecule has 0 bridgehead atoms. The normalized spacial score (nSPS) is 12.8. The second-order valence-electron chi connectivity index (χ2n) is 4.53. The molecule has 92 valence electrons. The third-order valence-electron chi connectivity index (χ3n) is 2.85. The van der Waals surface area contributed by atoms with E-state index in [9.17, 15) is 0 Å². The molecule has 1 aromatic heterocycles. The van der Waals surface area contributed by atoms with Gasteiger partial charge in [-0.2, -0.15) is 0 Å². The maximum Gasteiger partial charge on any atom is 0.203 e. The topological polar surface area (TPSA) is 29.9 Å². The lowest BCUT2D eigenvalue weighted by Crippen LogP contribution is -2.18. The molecular formula is C13H25N3. The minimum atomic E-state index is 0.513. The summed E-state index contributed by atoms with van der Waals surface area (Å²) in [4.78, 5) is 4.50. The van der Waals surface area contributed by atoms with Crippen molar-refractivity contribution >= 4 is 5.95 Å². The van der Waals surface area contributed by atoms with Crippen LogP contribution < -0.4 is 5.32 Å². The highest BCUT2D eigenvalue weighted by atomic mass is 15.2. The smallest absolute Gasteiger partial charge is 0.203 e. The van der Waals surface area contributed by atoms with E-state index in [1.807, 2.05) is 6.92 Å². The Morgan fingerprint density at radius 1 is 1.38 bits per heavy atom. The molecule has 1 rings (SSSR count). The molecule has 0 saturated heterocycles. The number of aromatic nitrogens is 2. The van der Waals surface area contributed by atoms with Gasteiger partial charge in [-0.1, -0.05) is 26.2 Å². The summed E-state index contributed by atoms with van der Waals surface area (Å²) in [7, 11) is 0. The summed E-state index contributed by atoms with van der Waals surface area (Å²) in [5.41, 5.74) is 1.09. The van der Waals surface area contributed by atoms with Crippen molar-refractivity contribution in [1.29, 1.82) is 0 Å². The number of hydrogen-bond acceptors (Lipinski definition) is 2. The number of hydrogen-bond donors (Lipinski definition) is 1. The first-order valence-corrected chi connectivity index (χ1v) is 6.47. The van der Waals surface area contributed by atoms with E-state index in [0.717, 1.165) is 18.2 Å². The number of nitrogens with one attached hydrogen (secondary N) is 1. The van der Waals surface area contributed by atoms with Gasteiger partial charge in [-0.15, -0.1) is 0 Å². The van der Waals surface area contributed by atoms with E-state index in [-0.39, 0.29) is 0 Å². The Morgan fingerprint density at radius 3 is 2.75 bits per heavy atom. The molecule has 1 unspecified atom stereocenters. The maximum absolute atomic E-state index is 4.50. The van der Waals surface area contributed by atoms with Crippen LogP contribution in [0.5, 0.6) is 0 Å². The molecule has 16 heavy (non-hydrogen) atoms. The van der Waals surface area contributed by atoms with Gasteiger partial charge in [0.05, 0.1) is 5.69 Å². The number of nitrogens with zero attached hydrogens (tertiary/aromatic N) is 2. The summed E-state index contributed by atoms with van der Waals surface area (Å²) in [5.74, 6) is 1.02. The van der Waals surface area contributed by atoms with Crippen LogP contribution in [-0.4, -0.2) is 15.6 Å². The van der Waals surface area contributed by atoms with Crippen LogP contribution in [0.1, 0.15) is 52.1 Å². The highest BCUT2D eigenvalue weighted by Crippen LogP contribution is 2.12. The fraction of sp³-hybridized carbons (Fsp3) is 0.769. The van der Waals surface area contributed by atoms with E-state index < -0.39 is 0 Å². The SMILES string of the molecule is CCCCCC(C)Nc1nc(C)cn1CC. The molecule has 1 N–H and O–H groups in total. The zero-order valence-electron chi connectivity index (χ0n) is 11.1. The molecule has 3 heteroatoms. The molecule has 1 aromatic rings. The van der Waals surface area contributed by atoms with Crippen molar-refractivity contribution in [2.75, 3.05) is 5.32 Å². The van der Waals surface area contributed by atoms with Crippen molar-refractivity contribution in [3.8, 4) is 0 Å². The van der Waals surface area contributed by atoms with Crippen molar-refractivity contribution < 1.29 is 0 Å². The van der Waals surface area contributed by atoms with Gasteiger partial charge in [0, 0.05) is 18.8 Å². The summed E-state index contributed by atoms with van der Waals surface area (Å²) in [6.45, 7) is 9.64. The number of anilines is 1. The van der Waals surface area contributed by atoms with E-state index in [1.165, 1.54) is 25.7 Å². The zero-order chi connectivity index (χ0) is 12.0. The van der Waals surface area contributed by atoms with Gasteiger partial charge < -0.3 is 9.88 Å². The first-order valence-electron chi connectivity index (χ1n) is 6.47. The van der Waals surface area contributed by atoms with Gasteiger partial charge in [0.2, 0.25) is 5.95 Å². The molecule has 0 aliphatic rings. The zero-order valence-corrected chi connectivity index (χ0v) is 11.1. The largest absolute Gasteiger partial charge is 0.353 e. The van der Waals surface area contributed by atoms with E-state index in [0.29, 0.717) is 6.04 Å². The van der Waals surface area contributed by atoms with Crippen LogP contribution in [0.2, 0.25) is 0 Å². The first kappa shape index (κ1) is 13.1. The van der Waals surface area contributed by atoms with Crippen LogP contribution in [0.15, 0.2) is 6.20 Å². The van der Waals surface area contributed by atoms with Crippen LogP contribution in [0.4, 0.5) is 5.95 Å². The highest BCUT2D eigenvalue weighted by Gasteiger charge is 2.07. The minimum Gasteiger partial charge on any atom is -0.353 e. The maximum atomic E-state index is 4.50. The van der Waals surface area contributed by atoms with Crippen molar-refractivity contribution in [3.05, 3.63) is 11.9 Å². The quantitative estimate of drug-likeness (QED) is 0.716. The Morgan fingerprint density at radius 2 is 2.12 bits per heavy atom. The van der Waals surface area contributed by atoms with Crippen LogP contribution in [0.25, 0.3) is 0 Å². The lowest BCUT2D eigenvalue weighted by molar-refractivity contribution is 0.607. The Balaban J connectivity index is 2.45. The predicted molar refractivity (Wildman–Crippen MR) is 69.9 cm³/mol. The molecule has 0 amide bonds. The Bertz CT molecular complexity index is 304. The van der Waals surface area contributed by atoms with Crippen molar-refractivity contribution in [3.63, 3.8) is 0 Å². The lowest BCUT2D eigenvalue weighted by atomic mass is 10.1. The molecule has 0 aliphatic carbocycles. The second kappa shape index (κ2) is 6.56. The van der Waals surface area contributed by atoms with Crippen LogP contribution in [0, 0.1) is 6.92 Å². The summed E-state index contributed by atoms with van der Waals surface area (Å²) < 4.78 is 2.17. The van der Waals surface area contributed by atoms with Gasteiger partial charge in [-0.3, -0.25) is 0 Å². The predicted octanol–water partition coefficient (Wildman–Crippen LogP) is 3.59. The molecular weight excluding hydrogens is 198 g/mol. The van der Waals surface area contributed by atoms with E-state index in [4.69, 9.17) is 0 Å². The van der Waals surface area contributed by atoms with E-state index in [2.05, 4.69) is 41.8 Å². The van der Waals surface area contributed by atoms with Gasteiger partial charge in [0.15, 0.2) is 0 Å². The first-order chi connectivity index (χ1) is 7.67. The van der Waals surface area contributed by atoms with Crippen molar-refractivity contribution in [2.45, 2.75) is 66.0 Å². The fourth-order valence-electron chi connectivity index (χ4n) is 1.90. The third-order valence-corrected chi connectivity index (χ3v) is 2.85. The van der Waals surface area contributed by atoms with Gasteiger partial charge in [-0.05, 0) is 27.2 Å². The molecule has 0 fully saturated rings. The fourth-order valence-corrected chi connectivity index (χ4v) is 1.90. The average Bonchev–Trinajstić information content (AvgIpc) is 2.59. The summed E-state index contributed by atoms with van der Waals surface area (Å²) in [6, 6.07) is 0.513. The monoisotopic (exact) mass is 223 g/mol. The van der Waals surface area contributed by atoms with Crippen LogP contribution >= 0.6 is 0 Å². The minimum absolute atomic E-state index is 0.513. The van der Waals surface area contributed by atoms with Crippen molar-refractivity contribution in [2.24, 2.45) is 0 Å². The molecule has 0 spiro atoms. The van der Waals surface area contributed by atoms with Crippen LogP contribution in [-0.2, 0) is 6.54 Å². The van der Waals surface area contributed by atoms with E-state index in [1.54, 1.807) is 0 Å². The Hall–Kier alpha value is -0.990. The Kier molecular flexibility index (Phi) is 5.36. The molecule has 0 radical (unpaired) electrons. The molecule has 3 nitrogen and oxygen atoms in total.